The van der Waals surface area contributed by atoms with Gasteiger partial charge >= 0.3 is 18.4 Å². The van der Waals surface area contributed by atoms with Crippen molar-refractivity contribution < 1.29 is 41.0 Å². The van der Waals surface area contributed by atoms with Gasteiger partial charge in [-0.25, -0.2) is 4.79 Å². The van der Waals surface area contributed by atoms with Gasteiger partial charge in [-0.2, -0.15) is 26.3 Å². The Hall–Kier alpha value is -2.41. The maximum Gasteiger partial charge on any atom is 0.407 e. The number of piperazine rings is 1. The van der Waals surface area contributed by atoms with Crippen LogP contribution in [0.3, 0.4) is 0 Å². The summed E-state index contributed by atoms with van der Waals surface area (Å²) in [5.41, 5.74) is 1.19. The fourth-order valence-corrected chi connectivity index (χ4v) is 6.64. The summed E-state index contributed by atoms with van der Waals surface area (Å²) >= 11 is 6.27. The molecule has 0 radical (unpaired) electrons. The number of alkyl halides is 6. The van der Waals surface area contributed by atoms with Gasteiger partial charge in [0, 0.05) is 69.0 Å². The molecule has 3 aliphatic heterocycles. The highest BCUT2D eigenvalue weighted by Gasteiger charge is 2.62. The van der Waals surface area contributed by atoms with Crippen LogP contribution in [0.4, 0.5) is 36.8 Å². The van der Waals surface area contributed by atoms with Crippen LogP contribution in [0.25, 0.3) is 0 Å². The second-order valence-corrected chi connectivity index (χ2v) is 11.0. The van der Waals surface area contributed by atoms with Crippen molar-refractivity contribution in [1.82, 2.24) is 14.7 Å². The standard InChI is InChI=1S/C25H31ClF6N4O3/c1-16(37)36-8-2-5-23(36)6-9-34(10-7-23)19-13-18(26)4-3-17(19)14-33-11-12-35(22(38)39)20(15-33)21(24(27,28)29)25(30,31)32/h3-4,13,20-21H,2,5-12,14-15H2,1H3,(H,38,39). The van der Waals surface area contributed by atoms with Gasteiger partial charge in [0.25, 0.3) is 0 Å². The van der Waals surface area contributed by atoms with Gasteiger partial charge < -0.3 is 19.8 Å². The molecule has 3 aliphatic rings. The highest BCUT2D eigenvalue weighted by molar-refractivity contribution is 6.30. The Bertz CT molecular complexity index is 1060. The minimum absolute atomic E-state index is 0.0238. The van der Waals surface area contributed by atoms with Crippen LogP contribution in [0.1, 0.15) is 38.2 Å². The highest BCUT2D eigenvalue weighted by Crippen LogP contribution is 2.44. The Kier molecular flexibility index (Phi) is 8.24. The van der Waals surface area contributed by atoms with Crippen molar-refractivity contribution in [2.24, 2.45) is 5.92 Å². The third-order valence-corrected chi connectivity index (χ3v) is 8.53. The fourth-order valence-electron chi connectivity index (χ4n) is 6.48. The van der Waals surface area contributed by atoms with Crippen molar-refractivity contribution in [1.29, 1.82) is 0 Å². The van der Waals surface area contributed by atoms with Crippen LogP contribution < -0.4 is 4.90 Å². The number of amides is 2. The summed E-state index contributed by atoms with van der Waals surface area (Å²) in [6.07, 6.45) is -9.84. The number of hydrogen-bond donors (Lipinski definition) is 1. The summed E-state index contributed by atoms with van der Waals surface area (Å²) in [6, 6.07) is 2.70. The first kappa shape index (κ1) is 29.6. The Morgan fingerprint density at radius 2 is 1.67 bits per heavy atom. The number of rotatable bonds is 4. The first-order chi connectivity index (χ1) is 18.1. The second kappa shape index (κ2) is 10.9. The predicted molar refractivity (Wildman–Crippen MR) is 132 cm³/mol. The van der Waals surface area contributed by atoms with E-state index in [9.17, 15) is 41.0 Å². The summed E-state index contributed by atoms with van der Waals surface area (Å²) < 4.78 is 81.3. The molecule has 39 heavy (non-hydrogen) atoms. The lowest BCUT2D eigenvalue weighted by Crippen LogP contribution is -2.62. The van der Waals surface area contributed by atoms with Crippen molar-refractivity contribution in [3.05, 3.63) is 28.8 Å². The fraction of sp³-hybridized carbons (Fsp3) is 0.680. The largest absolute Gasteiger partial charge is 0.465 e. The van der Waals surface area contributed by atoms with Gasteiger partial charge in [-0.15, -0.1) is 0 Å². The zero-order valence-electron chi connectivity index (χ0n) is 21.4. The zero-order valence-corrected chi connectivity index (χ0v) is 22.1. The van der Waals surface area contributed by atoms with Crippen LogP contribution in [-0.2, 0) is 11.3 Å². The zero-order chi connectivity index (χ0) is 28.8. The molecular formula is C25H31ClF6N4O3. The monoisotopic (exact) mass is 584 g/mol. The summed E-state index contributed by atoms with van der Waals surface area (Å²) in [6.45, 7) is 2.29. The van der Waals surface area contributed by atoms with E-state index in [1.807, 2.05) is 4.90 Å². The number of piperidine rings is 1. The van der Waals surface area contributed by atoms with Crippen molar-refractivity contribution >= 4 is 29.3 Å². The van der Waals surface area contributed by atoms with Crippen LogP contribution in [0.5, 0.6) is 0 Å². The lowest BCUT2D eigenvalue weighted by molar-refractivity contribution is -0.300. The number of hydrogen-bond acceptors (Lipinski definition) is 4. The molecule has 1 aromatic rings. The third kappa shape index (κ3) is 6.18. The van der Waals surface area contributed by atoms with Crippen LogP contribution in [0.2, 0.25) is 5.02 Å². The summed E-state index contributed by atoms with van der Waals surface area (Å²) in [5.74, 6) is -3.77. The molecule has 1 N–H and O–H groups in total. The molecule has 0 saturated carbocycles. The van der Waals surface area contributed by atoms with E-state index in [-0.39, 0.29) is 29.4 Å². The smallest absolute Gasteiger partial charge is 0.407 e. The van der Waals surface area contributed by atoms with Crippen LogP contribution in [0, 0.1) is 5.92 Å². The normalized spacial score (nSPS) is 22.7. The molecule has 0 aromatic heterocycles. The first-order valence-corrected chi connectivity index (χ1v) is 13.2. The van der Waals surface area contributed by atoms with Gasteiger partial charge in [0.15, 0.2) is 5.92 Å². The van der Waals surface area contributed by atoms with E-state index in [0.29, 0.717) is 23.7 Å². The second-order valence-electron chi connectivity index (χ2n) is 10.6. The maximum absolute atomic E-state index is 13.5. The molecule has 3 heterocycles. The van der Waals surface area contributed by atoms with E-state index in [2.05, 4.69) is 4.90 Å². The Labute approximate surface area is 227 Å². The molecule has 3 saturated heterocycles. The molecule has 7 nitrogen and oxygen atoms in total. The number of carbonyl (C=O) groups is 2. The number of anilines is 1. The van der Waals surface area contributed by atoms with Gasteiger partial charge in [0.2, 0.25) is 5.91 Å². The number of likely N-dealkylation sites (tertiary alicyclic amines) is 1. The van der Waals surface area contributed by atoms with E-state index in [1.54, 1.807) is 25.1 Å². The first-order valence-electron chi connectivity index (χ1n) is 12.8. The van der Waals surface area contributed by atoms with E-state index in [4.69, 9.17) is 11.6 Å². The van der Waals surface area contributed by atoms with E-state index < -0.39 is 43.5 Å². The maximum atomic E-state index is 13.5. The molecule has 14 heteroatoms. The van der Waals surface area contributed by atoms with Crippen molar-refractivity contribution in [2.75, 3.05) is 44.2 Å². The van der Waals surface area contributed by atoms with Gasteiger partial charge in [0.1, 0.15) is 0 Å². The number of carbonyl (C=O) groups excluding carboxylic acids is 1. The minimum Gasteiger partial charge on any atom is -0.465 e. The molecular weight excluding hydrogens is 554 g/mol. The Balaban J connectivity index is 1.54. The lowest BCUT2D eigenvalue weighted by Gasteiger charge is -2.46. The van der Waals surface area contributed by atoms with E-state index >= 15 is 0 Å². The molecule has 218 valence electrons. The van der Waals surface area contributed by atoms with Crippen molar-refractivity contribution in [2.45, 2.75) is 63.1 Å². The van der Waals surface area contributed by atoms with Crippen LogP contribution >= 0.6 is 11.6 Å². The van der Waals surface area contributed by atoms with Gasteiger partial charge in [-0.3, -0.25) is 9.69 Å². The van der Waals surface area contributed by atoms with Crippen LogP contribution in [0.15, 0.2) is 18.2 Å². The lowest BCUT2D eigenvalue weighted by atomic mass is 9.84. The molecule has 1 unspecified atom stereocenters. The van der Waals surface area contributed by atoms with Gasteiger partial charge in [0.05, 0.1) is 6.04 Å². The third-order valence-electron chi connectivity index (χ3n) is 8.29. The van der Waals surface area contributed by atoms with E-state index in [0.717, 1.165) is 37.9 Å². The molecule has 0 aliphatic carbocycles. The van der Waals surface area contributed by atoms with Gasteiger partial charge in [-0.1, -0.05) is 17.7 Å². The number of nitrogens with zero attached hydrogens (tertiary/aromatic N) is 4. The molecule has 3 fully saturated rings. The minimum atomic E-state index is -5.66. The summed E-state index contributed by atoms with van der Waals surface area (Å²) in [4.78, 5) is 29.4. The summed E-state index contributed by atoms with van der Waals surface area (Å²) in [5, 5.41) is 9.81. The quantitative estimate of drug-likeness (QED) is 0.491. The number of benzene rings is 1. The molecule has 1 atom stereocenters. The average molecular weight is 585 g/mol. The number of halogens is 7. The summed E-state index contributed by atoms with van der Waals surface area (Å²) in [7, 11) is 0. The molecule has 1 spiro atoms. The van der Waals surface area contributed by atoms with Crippen molar-refractivity contribution in [3.63, 3.8) is 0 Å². The topological polar surface area (TPSA) is 67.3 Å². The Morgan fingerprint density at radius 3 is 2.23 bits per heavy atom. The SMILES string of the molecule is CC(=O)N1CCCC12CCN(c1cc(Cl)ccc1CN1CCN(C(=O)O)C(C(C(F)(F)F)C(F)(F)F)C1)CC2. The molecule has 2 amide bonds. The highest BCUT2D eigenvalue weighted by atomic mass is 35.5. The molecule has 4 rings (SSSR count). The predicted octanol–water partition coefficient (Wildman–Crippen LogP) is 5.23. The number of carboxylic acid groups (broad SMARTS) is 1. The average Bonchev–Trinajstić information content (AvgIpc) is 3.22. The molecule has 0 bridgehead atoms. The Morgan fingerprint density at radius 1 is 1.03 bits per heavy atom. The van der Waals surface area contributed by atoms with Crippen LogP contribution in [-0.4, -0.2) is 95.0 Å². The van der Waals surface area contributed by atoms with E-state index in [1.165, 1.54) is 4.90 Å². The van der Waals surface area contributed by atoms with Gasteiger partial charge in [-0.05, 0) is 43.4 Å². The molecule has 1 aromatic carbocycles. The van der Waals surface area contributed by atoms with Crippen molar-refractivity contribution in [3.8, 4) is 0 Å².